The third kappa shape index (κ3) is 3.65. The average molecular weight is 356 g/mol. The molecule has 0 aliphatic heterocycles. The van der Waals surface area contributed by atoms with E-state index in [2.05, 4.69) is 26.6 Å². The van der Waals surface area contributed by atoms with E-state index in [1.807, 2.05) is 0 Å². The van der Waals surface area contributed by atoms with Crippen LogP contribution in [0.25, 0.3) is 0 Å². The molecule has 0 unspecified atom stereocenters. The highest BCUT2D eigenvalue weighted by molar-refractivity contribution is 9.10. The van der Waals surface area contributed by atoms with E-state index < -0.39 is 0 Å². The van der Waals surface area contributed by atoms with Crippen molar-refractivity contribution in [3.63, 3.8) is 0 Å². The second kappa shape index (κ2) is 6.63. The van der Waals surface area contributed by atoms with Crippen LogP contribution < -0.4 is 15.4 Å². The quantitative estimate of drug-likeness (QED) is 0.834. The molecule has 0 aromatic heterocycles. The molecule has 0 bridgehead atoms. The van der Waals surface area contributed by atoms with Crippen molar-refractivity contribution in [1.29, 1.82) is 0 Å². The van der Waals surface area contributed by atoms with Gasteiger partial charge in [-0.15, -0.1) is 0 Å². The van der Waals surface area contributed by atoms with Crippen LogP contribution in [0.2, 0.25) is 5.02 Å². The topological polar surface area (TPSA) is 50.4 Å². The van der Waals surface area contributed by atoms with Crippen molar-refractivity contribution < 1.29 is 9.53 Å². The summed E-state index contributed by atoms with van der Waals surface area (Å²) >= 11 is 9.28. The molecule has 0 radical (unpaired) electrons. The van der Waals surface area contributed by atoms with Crippen LogP contribution in [0.5, 0.6) is 5.75 Å². The first-order valence-electron chi connectivity index (χ1n) is 5.76. The molecule has 0 saturated heterocycles. The molecule has 2 rings (SSSR count). The summed E-state index contributed by atoms with van der Waals surface area (Å²) in [5.74, 6) is 0.730. The summed E-state index contributed by atoms with van der Waals surface area (Å²) in [5, 5.41) is 5.97. The first-order valence-corrected chi connectivity index (χ1v) is 6.93. The summed E-state index contributed by atoms with van der Waals surface area (Å²) < 4.78 is 5.69. The van der Waals surface area contributed by atoms with Crippen molar-refractivity contribution in [2.24, 2.45) is 0 Å². The van der Waals surface area contributed by atoms with Crippen LogP contribution in [0, 0.1) is 0 Å². The molecule has 0 saturated carbocycles. The fourth-order valence-corrected chi connectivity index (χ4v) is 2.10. The van der Waals surface area contributed by atoms with Crippen LogP contribution in [0.1, 0.15) is 0 Å². The van der Waals surface area contributed by atoms with Gasteiger partial charge in [-0.25, -0.2) is 4.79 Å². The molecule has 2 N–H and O–H groups in total. The van der Waals surface area contributed by atoms with Gasteiger partial charge in [0.2, 0.25) is 0 Å². The number of carbonyl (C=O) groups excluding carboxylic acids is 1. The molecule has 2 aromatic rings. The third-order valence-corrected chi connectivity index (χ3v) is 3.95. The minimum Gasteiger partial charge on any atom is -0.497 e. The summed E-state index contributed by atoms with van der Waals surface area (Å²) in [6.45, 7) is 0. The van der Waals surface area contributed by atoms with E-state index in [-0.39, 0.29) is 6.03 Å². The van der Waals surface area contributed by atoms with Crippen molar-refractivity contribution in [2.75, 3.05) is 17.7 Å². The third-order valence-electron chi connectivity index (χ3n) is 2.55. The van der Waals surface area contributed by atoms with Gasteiger partial charge in [-0.05, 0) is 52.3 Å². The highest BCUT2D eigenvalue weighted by Crippen LogP contribution is 2.30. The molecule has 0 heterocycles. The van der Waals surface area contributed by atoms with E-state index >= 15 is 0 Å². The van der Waals surface area contributed by atoms with Crippen molar-refractivity contribution in [1.82, 2.24) is 0 Å². The van der Waals surface area contributed by atoms with Gasteiger partial charge in [-0.3, -0.25) is 0 Å². The Bertz CT molecular complexity index is 617. The molecular formula is C14H12BrClN2O2. The lowest BCUT2D eigenvalue weighted by atomic mass is 10.3. The normalized spacial score (nSPS) is 9.95. The van der Waals surface area contributed by atoms with E-state index in [9.17, 15) is 4.79 Å². The van der Waals surface area contributed by atoms with Crippen LogP contribution in [0.3, 0.4) is 0 Å². The molecule has 4 nitrogen and oxygen atoms in total. The number of urea groups is 1. The summed E-state index contributed by atoms with van der Waals surface area (Å²) in [5.41, 5.74) is 1.27. The minimum atomic E-state index is -0.349. The number of hydrogen-bond acceptors (Lipinski definition) is 2. The van der Waals surface area contributed by atoms with Gasteiger partial charge in [0, 0.05) is 5.69 Å². The van der Waals surface area contributed by atoms with Crippen LogP contribution >= 0.6 is 27.5 Å². The number of amides is 2. The molecule has 0 atom stereocenters. The number of methoxy groups -OCH3 is 1. The smallest absolute Gasteiger partial charge is 0.323 e. The molecular weight excluding hydrogens is 344 g/mol. The predicted octanol–water partition coefficient (Wildman–Crippen LogP) is 4.76. The Morgan fingerprint density at radius 1 is 1.15 bits per heavy atom. The van der Waals surface area contributed by atoms with Gasteiger partial charge in [0.1, 0.15) is 5.75 Å². The van der Waals surface area contributed by atoms with Gasteiger partial charge in [0.25, 0.3) is 0 Å². The van der Waals surface area contributed by atoms with E-state index in [0.29, 0.717) is 20.9 Å². The Kier molecular flexibility index (Phi) is 4.87. The first kappa shape index (κ1) is 14.7. The first-order chi connectivity index (χ1) is 9.60. The Labute approximate surface area is 130 Å². The fraction of sp³-hybridized carbons (Fsp3) is 0.0714. The van der Waals surface area contributed by atoms with E-state index in [4.69, 9.17) is 16.3 Å². The molecule has 0 fully saturated rings. The Morgan fingerprint density at radius 3 is 2.50 bits per heavy atom. The van der Waals surface area contributed by atoms with Crippen molar-refractivity contribution >= 4 is 44.9 Å². The molecule has 6 heteroatoms. The lowest BCUT2D eigenvalue weighted by Crippen LogP contribution is -2.19. The number of halogens is 2. The van der Waals surface area contributed by atoms with Gasteiger partial charge in [0.15, 0.2) is 0 Å². The number of rotatable bonds is 3. The van der Waals surface area contributed by atoms with Crippen molar-refractivity contribution in [2.45, 2.75) is 0 Å². The average Bonchev–Trinajstić information content (AvgIpc) is 2.45. The Balaban J connectivity index is 2.03. The zero-order valence-corrected chi connectivity index (χ0v) is 13.0. The molecule has 2 amide bonds. The maximum Gasteiger partial charge on any atom is 0.323 e. The zero-order valence-electron chi connectivity index (χ0n) is 10.6. The van der Waals surface area contributed by atoms with Gasteiger partial charge < -0.3 is 15.4 Å². The van der Waals surface area contributed by atoms with Crippen molar-refractivity contribution in [3.05, 3.63) is 52.0 Å². The van der Waals surface area contributed by atoms with Crippen LogP contribution in [0.15, 0.2) is 46.9 Å². The maximum absolute atomic E-state index is 11.9. The number of benzene rings is 2. The number of carbonyl (C=O) groups is 1. The SMILES string of the molecule is COc1ccc(NC(=O)Nc2cccc(Cl)c2Br)cc1. The van der Waals surface area contributed by atoms with Crippen molar-refractivity contribution in [3.8, 4) is 5.75 Å². The second-order valence-electron chi connectivity index (χ2n) is 3.91. The van der Waals surface area contributed by atoms with Gasteiger partial charge in [0.05, 0.1) is 22.3 Å². The largest absolute Gasteiger partial charge is 0.497 e. The number of hydrogen-bond donors (Lipinski definition) is 2. The molecule has 20 heavy (non-hydrogen) atoms. The fourth-order valence-electron chi connectivity index (χ4n) is 1.56. The summed E-state index contributed by atoms with van der Waals surface area (Å²) in [7, 11) is 1.59. The Morgan fingerprint density at radius 2 is 1.85 bits per heavy atom. The second-order valence-corrected chi connectivity index (χ2v) is 5.11. The summed E-state index contributed by atoms with van der Waals surface area (Å²) in [6, 6.07) is 11.9. The lowest BCUT2D eigenvalue weighted by Gasteiger charge is -2.10. The monoisotopic (exact) mass is 354 g/mol. The number of nitrogens with one attached hydrogen (secondary N) is 2. The summed E-state index contributed by atoms with van der Waals surface area (Å²) in [4.78, 5) is 11.9. The van der Waals surface area contributed by atoms with Gasteiger partial charge >= 0.3 is 6.03 Å². The minimum absolute atomic E-state index is 0.349. The predicted molar refractivity (Wildman–Crippen MR) is 84.8 cm³/mol. The van der Waals surface area contributed by atoms with E-state index in [1.165, 1.54) is 0 Å². The Hall–Kier alpha value is -1.72. The van der Waals surface area contributed by atoms with E-state index in [1.54, 1.807) is 49.6 Å². The van der Waals surface area contributed by atoms with Crippen LogP contribution in [-0.2, 0) is 0 Å². The summed E-state index contributed by atoms with van der Waals surface area (Å²) in [6.07, 6.45) is 0. The molecule has 0 spiro atoms. The highest BCUT2D eigenvalue weighted by Gasteiger charge is 2.07. The molecule has 0 aliphatic rings. The molecule has 104 valence electrons. The number of anilines is 2. The zero-order chi connectivity index (χ0) is 14.5. The highest BCUT2D eigenvalue weighted by atomic mass is 79.9. The van der Waals surface area contributed by atoms with Gasteiger partial charge in [-0.2, -0.15) is 0 Å². The number of ether oxygens (including phenoxy) is 1. The standard InChI is InChI=1S/C14H12BrClN2O2/c1-20-10-7-5-9(6-8-10)17-14(19)18-12-4-2-3-11(16)13(12)15/h2-8H,1H3,(H2,17,18,19). The lowest BCUT2D eigenvalue weighted by molar-refractivity contribution is 0.262. The van der Waals surface area contributed by atoms with Crippen LogP contribution in [-0.4, -0.2) is 13.1 Å². The van der Waals surface area contributed by atoms with Crippen LogP contribution in [0.4, 0.5) is 16.2 Å². The van der Waals surface area contributed by atoms with E-state index in [0.717, 1.165) is 5.75 Å². The van der Waals surface area contributed by atoms with Gasteiger partial charge in [-0.1, -0.05) is 17.7 Å². The maximum atomic E-state index is 11.9. The molecule has 0 aliphatic carbocycles. The molecule has 2 aromatic carbocycles.